The highest BCUT2D eigenvalue weighted by atomic mass is 16.4. The van der Waals surface area contributed by atoms with Gasteiger partial charge in [0.25, 0.3) is 0 Å². The molecule has 0 saturated carbocycles. The number of nitrogens with one attached hydrogen (secondary N) is 1. The summed E-state index contributed by atoms with van der Waals surface area (Å²) in [5.41, 5.74) is -0.733. The van der Waals surface area contributed by atoms with Gasteiger partial charge in [-0.1, -0.05) is 27.7 Å². The third-order valence-electron chi connectivity index (χ3n) is 3.70. The van der Waals surface area contributed by atoms with Crippen LogP contribution in [0.1, 0.15) is 53.4 Å². The summed E-state index contributed by atoms with van der Waals surface area (Å²) in [7, 11) is 0. The molecule has 0 aromatic carbocycles. The van der Waals surface area contributed by atoms with Crippen molar-refractivity contribution in [3.8, 4) is 0 Å². The van der Waals surface area contributed by atoms with Crippen LogP contribution in [0.3, 0.4) is 0 Å². The first-order valence-electron chi connectivity index (χ1n) is 7.27. The summed E-state index contributed by atoms with van der Waals surface area (Å²) in [5, 5.41) is 12.7. The van der Waals surface area contributed by atoms with E-state index in [1.54, 1.807) is 0 Å². The van der Waals surface area contributed by atoms with Gasteiger partial charge in [0.2, 0.25) is 0 Å². The Balaban J connectivity index is 4.36. The molecule has 0 radical (unpaired) electrons. The molecule has 0 saturated heterocycles. The lowest BCUT2D eigenvalue weighted by Gasteiger charge is -2.30. The van der Waals surface area contributed by atoms with Crippen LogP contribution in [0.4, 0.5) is 0 Å². The van der Waals surface area contributed by atoms with Gasteiger partial charge >= 0.3 is 5.97 Å². The number of aliphatic carboxylic acids is 1. The second kappa shape index (κ2) is 9.34. The number of nitrogens with zero attached hydrogens (tertiary/aromatic N) is 1. The molecule has 1 unspecified atom stereocenters. The molecule has 108 valence electrons. The molecule has 0 aromatic rings. The summed E-state index contributed by atoms with van der Waals surface area (Å²) in [6.45, 7) is 12.1. The van der Waals surface area contributed by atoms with Gasteiger partial charge in [0.05, 0.1) is 0 Å². The number of carbonyl (C=O) groups is 1. The van der Waals surface area contributed by atoms with Crippen LogP contribution in [0.2, 0.25) is 0 Å². The molecule has 0 spiro atoms. The average Bonchev–Trinajstić information content (AvgIpc) is 2.38. The van der Waals surface area contributed by atoms with E-state index >= 15 is 0 Å². The lowest BCUT2D eigenvalue weighted by atomic mass is 9.90. The first-order valence-corrected chi connectivity index (χ1v) is 7.27. The third-order valence-corrected chi connectivity index (χ3v) is 3.70. The quantitative estimate of drug-likeness (QED) is 0.597. The molecule has 0 rings (SSSR count). The topological polar surface area (TPSA) is 52.6 Å². The highest BCUT2D eigenvalue weighted by molar-refractivity contribution is 5.78. The van der Waals surface area contributed by atoms with Crippen LogP contribution in [0.5, 0.6) is 0 Å². The maximum absolute atomic E-state index is 11.5. The predicted molar refractivity (Wildman–Crippen MR) is 76.0 cm³/mol. The van der Waals surface area contributed by atoms with Crippen molar-refractivity contribution in [1.29, 1.82) is 0 Å². The summed E-state index contributed by atoms with van der Waals surface area (Å²) in [4.78, 5) is 13.8. The van der Waals surface area contributed by atoms with Crippen molar-refractivity contribution >= 4 is 5.97 Å². The fourth-order valence-electron chi connectivity index (χ4n) is 2.23. The molecule has 0 amide bonds. The van der Waals surface area contributed by atoms with Gasteiger partial charge in [0.15, 0.2) is 0 Å². The Morgan fingerprint density at radius 1 is 1.22 bits per heavy atom. The first kappa shape index (κ1) is 17.4. The van der Waals surface area contributed by atoms with Crippen LogP contribution in [-0.2, 0) is 4.79 Å². The fourth-order valence-corrected chi connectivity index (χ4v) is 2.23. The lowest BCUT2D eigenvalue weighted by Crippen LogP contribution is -2.52. The number of carboxylic acids is 1. The number of hydrogen-bond acceptors (Lipinski definition) is 3. The highest BCUT2D eigenvalue weighted by Gasteiger charge is 2.35. The molecule has 0 fully saturated rings. The Bertz CT molecular complexity index is 230. The molecule has 4 nitrogen and oxygen atoms in total. The van der Waals surface area contributed by atoms with Crippen LogP contribution in [-0.4, -0.2) is 47.7 Å². The number of rotatable bonds is 11. The second-order valence-electron chi connectivity index (χ2n) is 4.80. The average molecular weight is 258 g/mol. The second-order valence-corrected chi connectivity index (χ2v) is 4.80. The van der Waals surface area contributed by atoms with Crippen molar-refractivity contribution in [3.63, 3.8) is 0 Å². The van der Waals surface area contributed by atoms with Gasteiger partial charge in [-0.2, -0.15) is 0 Å². The molecule has 0 aliphatic rings. The molecule has 4 heteroatoms. The number of carboxylic acid groups (broad SMARTS) is 1. The first-order chi connectivity index (χ1) is 8.56. The Labute approximate surface area is 112 Å². The molecule has 2 N–H and O–H groups in total. The van der Waals surface area contributed by atoms with E-state index < -0.39 is 11.5 Å². The standard InChI is InChI=1S/C14H30N2O2/c1-5-11-15-14(6-2,13(17)18)10-9-12-16(7-3)8-4/h15H,5-12H2,1-4H3,(H,17,18). The zero-order chi connectivity index (χ0) is 14.0. The summed E-state index contributed by atoms with van der Waals surface area (Å²) in [5.74, 6) is -0.710. The van der Waals surface area contributed by atoms with Gasteiger partial charge < -0.3 is 15.3 Å². The van der Waals surface area contributed by atoms with Crippen molar-refractivity contribution in [1.82, 2.24) is 10.2 Å². The molecule has 0 aromatic heterocycles. The van der Waals surface area contributed by atoms with Crippen molar-refractivity contribution < 1.29 is 9.90 Å². The normalized spacial score (nSPS) is 14.7. The Morgan fingerprint density at radius 3 is 2.22 bits per heavy atom. The number of hydrogen-bond donors (Lipinski definition) is 2. The molecule has 0 heterocycles. The monoisotopic (exact) mass is 258 g/mol. The van der Waals surface area contributed by atoms with E-state index in [0.717, 1.165) is 39.0 Å². The summed E-state index contributed by atoms with van der Waals surface area (Å²) in [6, 6.07) is 0. The zero-order valence-electron chi connectivity index (χ0n) is 12.5. The smallest absolute Gasteiger partial charge is 0.323 e. The highest BCUT2D eigenvalue weighted by Crippen LogP contribution is 2.18. The van der Waals surface area contributed by atoms with E-state index in [2.05, 4.69) is 31.0 Å². The SMILES string of the molecule is CCCNC(CC)(CCCN(CC)CC)C(=O)O. The molecule has 18 heavy (non-hydrogen) atoms. The van der Waals surface area contributed by atoms with Gasteiger partial charge in [0.1, 0.15) is 5.54 Å². The van der Waals surface area contributed by atoms with Crippen molar-refractivity contribution in [2.45, 2.75) is 58.9 Å². The molecule has 0 aliphatic carbocycles. The molecular weight excluding hydrogens is 228 g/mol. The maximum atomic E-state index is 11.5. The summed E-state index contributed by atoms with van der Waals surface area (Å²) < 4.78 is 0. The van der Waals surface area contributed by atoms with E-state index in [1.165, 1.54) is 0 Å². The van der Waals surface area contributed by atoms with Gasteiger partial charge in [-0.3, -0.25) is 4.79 Å². The maximum Gasteiger partial charge on any atom is 0.323 e. The Hall–Kier alpha value is -0.610. The molecule has 0 aliphatic heterocycles. The Morgan fingerprint density at radius 2 is 1.83 bits per heavy atom. The van der Waals surface area contributed by atoms with Crippen LogP contribution >= 0.6 is 0 Å². The minimum atomic E-state index is -0.733. The fraction of sp³-hybridized carbons (Fsp3) is 0.929. The molecule has 0 bridgehead atoms. The van der Waals surface area contributed by atoms with Crippen LogP contribution in [0.25, 0.3) is 0 Å². The minimum Gasteiger partial charge on any atom is -0.480 e. The van der Waals surface area contributed by atoms with Gasteiger partial charge in [0, 0.05) is 0 Å². The third kappa shape index (κ3) is 5.36. The lowest BCUT2D eigenvalue weighted by molar-refractivity contribution is -0.145. The minimum absolute atomic E-state index is 0.639. The van der Waals surface area contributed by atoms with Crippen molar-refractivity contribution in [3.05, 3.63) is 0 Å². The molecule has 1 atom stereocenters. The zero-order valence-corrected chi connectivity index (χ0v) is 12.5. The summed E-state index contributed by atoms with van der Waals surface area (Å²) in [6.07, 6.45) is 3.24. The van der Waals surface area contributed by atoms with Crippen molar-refractivity contribution in [2.24, 2.45) is 0 Å². The van der Waals surface area contributed by atoms with E-state index in [-0.39, 0.29) is 0 Å². The van der Waals surface area contributed by atoms with Gasteiger partial charge in [-0.25, -0.2) is 0 Å². The molecular formula is C14H30N2O2. The predicted octanol–water partition coefficient (Wildman–Crippen LogP) is 2.34. The van der Waals surface area contributed by atoms with Crippen molar-refractivity contribution in [2.75, 3.05) is 26.2 Å². The van der Waals surface area contributed by atoms with E-state index in [4.69, 9.17) is 0 Å². The van der Waals surface area contributed by atoms with Gasteiger partial charge in [-0.15, -0.1) is 0 Å². The largest absolute Gasteiger partial charge is 0.480 e. The van der Waals surface area contributed by atoms with Crippen LogP contribution in [0, 0.1) is 0 Å². The summed E-state index contributed by atoms with van der Waals surface area (Å²) >= 11 is 0. The van der Waals surface area contributed by atoms with Gasteiger partial charge in [-0.05, 0) is 51.9 Å². The Kier molecular flexibility index (Phi) is 9.02. The van der Waals surface area contributed by atoms with Crippen LogP contribution in [0.15, 0.2) is 0 Å². The van der Waals surface area contributed by atoms with E-state index in [1.807, 2.05) is 6.92 Å². The van der Waals surface area contributed by atoms with Crippen LogP contribution < -0.4 is 5.32 Å². The van der Waals surface area contributed by atoms with E-state index in [9.17, 15) is 9.90 Å². The van der Waals surface area contributed by atoms with E-state index in [0.29, 0.717) is 12.8 Å².